The predicted molar refractivity (Wildman–Crippen MR) is 43.8 cm³/mol. The van der Waals surface area contributed by atoms with Crippen LogP contribution in [0.25, 0.3) is 0 Å². The number of hydrogen-bond donors (Lipinski definition) is 0. The molecule has 1 nitrogen and oxygen atoms in total. The van der Waals surface area contributed by atoms with E-state index in [4.69, 9.17) is 0 Å². The van der Waals surface area contributed by atoms with Crippen molar-refractivity contribution in [1.29, 1.82) is 0 Å². The minimum absolute atomic E-state index is 0. The van der Waals surface area contributed by atoms with Gasteiger partial charge in [0.15, 0.2) is 0 Å². The zero-order chi connectivity index (χ0) is 6.57. The van der Waals surface area contributed by atoms with Crippen LogP contribution in [0.15, 0.2) is 0 Å². The third kappa shape index (κ3) is 11.8. The van der Waals surface area contributed by atoms with Gasteiger partial charge in [0.1, 0.15) is 0 Å². The molecule has 0 amide bonds. The summed E-state index contributed by atoms with van der Waals surface area (Å²) < 4.78 is 0. The Morgan fingerprint density at radius 3 is 1.45 bits per heavy atom. The molecule has 0 aliphatic heterocycles. The van der Waals surface area contributed by atoms with E-state index in [0.717, 1.165) is 13.1 Å². The summed E-state index contributed by atoms with van der Waals surface area (Å²) in [6.45, 7) is 13.6. The van der Waals surface area contributed by atoms with E-state index in [9.17, 15) is 0 Å². The quantitative estimate of drug-likeness (QED) is 0.653. The van der Waals surface area contributed by atoms with Gasteiger partial charge in [0.25, 0.3) is 0 Å². The van der Waals surface area contributed by atoms with Gasteiger partial charge >= 0.3 is 0 Å². The van der Waals surface area contributed by atoms with Crippen molar-refractivity contribution in [1.82, 2.24) is 4.90 Å². The number of nitrogens with zero attached hydrogens (tertiary/aromatic N) is 1. The fourth-order valence-corrected chi connectivity index (χ4v) is 0.628. The van der Waals surface area contributed by atoms with Crippen molar-refractivity contribution in [3.8, 4) is 0 Å². The first-order chi connectivity index (χ1) is 3.72. The molecule has 0 rings (SSSR count). The summed E-state index contributed by atoms with van der Waals surface area (Å²) in [4.78, 5) is 2.19. The van der Waals surface area contributed by atoms with Gasteiger partial charge in [0.05, 0.1) is 0 Å². The Kier molecular flexibility index (Phi) is 29.9. The molecule has 0 fully saturated rings. The summed E-state index contributed by atoms with van der Waals surface area (Å²) >= 11 is 0. The molecule has 0 heterocycles. The Hall–Kier alpha value is 1.75. The predicted octanol–water partition coefficient (Wildman–Crippen LogP) is 1.81. The van der Waals surface area contributed by atoms with E-state index in [1.54, 1.807) is 0 Å². The second-order valence-electron chi connectivity index (χ2n) is 2.13. The van der Waals surface area contributed by atoms with Gasteiger partial charge in [0.2, 0.25) is 0 Å². The Morgan fingerprint density at radius 2 is 1.45 bits per heavy atom. The van der Waals surface area contributed by atoms with Gasteiger partial charge in [0, 0.05) is 53.8 Å². The van der Waals surface area contributed by atoms with Crippen molar-refractivity contribution in [2.45, 2.75) is 19.9 Å². The molecule has 0 bridgehead atoms. The average Bonchev–Trinajstić information content (AvgIpc) is 1.69. The average molecular weight is 401 g/mol. The van der Waals surface area contributed by atoms with Crippen molar-refractivity contribution in [3.63, 3.8) is 0 Å². The molecule has 0 aliphatic rings. The molecule has 0 unspecified atom stereocenters. The maximum absolute atomic E-state index is 3.76. The molecule has 0 N–H and O–H groups in total. The first kappa shape index (κ1) is 23.0. The van der Waals surface area contributed by atoms with E-state index in [2.05, 4.69) is 32.6 Å². The van der Waals surface area contributed by atoms with Crippen LogP contribution in [0.2, 0.25) is 0 Å². The molecule has 0 aromatic carbocycles. The van der Waals surface area contributed by atoms with Crippen molar-refractivity contribution < 1.29 is 53.8 Å². The van der Waals surface area contributed by atoms with Crippen molar-refractivity contribution >= 4 is 0 Å². The molecule has 0 saturated heterocycles. The van der Waals surface area contributed by atoms with Crippen LogP contribution >= 0.6 is 0 Å². The molecular formula is C8H18NWY-3. The Labute approximate surface area is 112 Å². The van der Waals surface area contributed by atoms with E-state index >= 15 is 0 Å². The van der Waals surface area contributed by atoms with E-state index < -0.39 is 0 Å². The van der Waals surface area contributed by atoms with Crippen molar-refractivity contribution in [2.75, 3.05) is 13.1 Å². The van der Waals surface area contributed by atoms with Crippen LogP contribution < -0.4 is 0 Å². The third-order valence-corrected chi connectivity index (χ3v) is 1.30. The van der Waals surface area contributed by atoms with Crippen LogP contribution in [0.1, 0.15) is 13.8 Å². The summed E-state index contributed by atoms with van der Waals surface area (Å²) in [5.41, 5.74) is 0. The fourth-order valence-electron chi connectivity index (χ4n) is 0.628. The van der Waals surface area contributed by atoms with Gasteiger partial charge < -0.3 is 26.2 Å². The summed E-state index contributed by atoms with van der Waals surface area (Å²) in [6, 6.07) is 0.588. The molecule has 0 saturated carbocycles. The normalized spacial score (nSPS) is 8.18. The van der Waals surface area contributed by atoms with Crippen LogP contribution in [0.3, 0.4) is 0 Å². The molecule has 3 heteroatoms. The number of hydrogen-bond acceptors (Lipinski definition) is 1. The van der Waals surface area contributed by atoms with Crippen molar-refractivity contribution in [3.05, 3.63) is 21.3 Å². The first-order valence-electron chi connectivity index (χ1n) is 3.05. The van der Waals surface area contributed by atoms with Gasteiger partial charge in [-0.15, -0.1) is 13.1 Å². The summed E-state index contributed by atoms with van der Waals surface area (Å²) in [6.07, 6.45) is 0. The smallest absolute Gasteiger partial charge is 0 e. The monoisotopic (exact) mass is 401 g/mol. The van der Waals surface area contributed by atoms with Gasteiger partial charge in [-0.05, 0) is 6.04 Å². The van der Waals surface area contributed by atoms with Crippen LogP contribution in [-0.2, 0) is 53.8 Å². The Bertz CT molecular complexity index is 56.1. The molecule has 0 spiro atoms. The van der Waals surface area contributed by atoms with Gasteiger partial charge in [-0.3, -0.25) is 0 Å². The molecule has 67 valence electrons. The van der Waals surface area contributed by atoms with E-state index in [-0.39, 0.29) is 61.2 Å². The van der Waals surface area contributed by atoms with Crippen LogP contribution in [-0.4, -0.2) is 24.0 Å². The molecular weight excluding hydrogens is 383 g/mol. The maximum atomic E-state index is 3.76. The molecule has 0 aliphatic carbocycles. The van der Waals surface area contributed by atoms with Gasteiger partial charge in [-0.1, -0.05) is 13.8 Å². The van der Waals surface area contributed by atoms with E-state index in [0.29, 0.717) is 6.04 Å². The molecule has 0 aromatic rings. The third-order valence-electron chi connectivity index (χ3n) is 1.30. The zero-order valence-corrected chi connectivity index (χ0v) is 13.6. The Balaban J connectivity index is -0.0000000817. The van der Waals surface area contributed by atoms with E-state index in [1.165, 1.54) is 0 Å². The molecule has 1 radical (unpaired) electrons. The molecule has 11 heavy (non-hydrogen) atoms. The standard InChI is InChI=1S/C7H15N.CH3.W.Y/c1-5-8(6-2)7(3)4;;;/h7H,1-2,5-6H2,3-4H3;1H3;;/q-2;-1;;. The summed E-state index contributed by atoms with van der Waals surface area (Å²) in [5, 5.41) is 0. The second-order valence-corrected chi connectivity index (χ2v) is 2.13. The topological polar surface area (TPSA) is 3.24 Å². The van der Waals surface area contributed by atoms with Gasteiger partial charge in [-0.25, -0.2) is 0 Å². The van der Waals surface area contributed by atoms with Gasteiger partial charge in [-0.2, -0.15) is 0 Å². The van der Waals surface area contributed by atoms with Crippen LogP contribution in [0.5, 0.6) is 0 Å². The van der Waals surface area contributed by atoms with E-state index in [1.807, 2.05) is 0 Å². The molecule has 0 atom stereocenters. The number of rotatable bonds is 3. The Morgan fingerprint density at radius 1 is 1.18 bits per heavy atom. The SMILES string of the molecule is [CH2-]CN(C[CH2-])C(C)C.[CH3-].[W].[Y]. The van der Waals surface area contributed by atoms with Crippen LogP contribution in [0, 0.1) is 21.3 Å². The van der Waals surface area contributed by atoms with Crippen LogP contribution in [0.4, 0.5) is 0 Å². The zero-order valence-electron chi connectivity index (χ0n) is 7.84. The maximum Gasteiger partial charge on any atom is 0 e. The molecule has 0 aromatic heterocycles. The fraction of sp³-hybridized carbons (Fsp3) is 0.625. The second kappa shape index (κ2) is 14.3. The minimum Gasteiger partial charge on any atom is -0.360 e. The summed E-state index contributed by atoms with van der Waals surface area (Å²) in [5.74, 6) is 0. The minimum atomic E-state index is 0. The first-order valence-corrected chi connectivity index (χ1v) is 3.05. The summed E-state index contributed by atoms with van der Waals surface area (Å²) in [7, 11) is 0. The van der Waals surface area contributed by atoms with Crippen molar-refractivity contribution in [2.24, 2.45) is 0 Å². The largest absolute Gasteiger partial charge is 0.360 e.